The van der Waals surface area contributed by atoms with E-state index >= 15 is 0 Å². The van der Waals surface area contributed by atoms with Crippen molar-refractivity contribution in [3.05, 3.63) is 51.2 Å². The van der Waals surface area contributed by atoms with Crippen LogP contribution >= 0.6 is 11.3 Å². The Hall–Kier alpha value is -2.14. The molecule has 4 nitrogen and oxygen atoms in total. The molecule has 1 amide bonds. The van der Waals surface area contributed by atoms with Gasteiger partial charge >= 0.3 is 0 Å². The summed E-state index contributed by atoms with van der Waals surface area (Å²) < 4.78 is 0. The van der Waals surface area contributed by atoms with Gasteiger partial charge in [-0.2, -0.15) is 0 Å². The first-order valence-corrected chi connectivity index (χ1v) is 11.8. The smallest absolute Gasteiger partial charge is 0.264 e. The molecule has 0 saturated carbocycles. The van der Waals surface area contributed by atoms with E-state index in [0.717, 1.165) is 55.1 Å². The summed E-state index contributed by atoms with van der Waals surface area (Å²) in [7, 11) is 0. The Morgan fingerprint density at radius 3 is 2.30 bits per heavy atom. The van der Waals surface area contributed by atoms with Crippen molar-refractivity contribution >= 4 is 28.7 Å². The van der Waals surface area contributed by atoms with Gasteiger partial charge in [0.05, 0.1) is 4.88 Å². The summed E-state index contributed by atoms with van der Waals surface area (Å²) in [4.78, 5) is 31.2. The van der Waals surface area contributed by atoms with E-state index in [9.17, 15) is 9.59 Å². The van der Waals surface area contributed by atoms with Crippen LogP contribution in [0.15, 0.2) is 30.3 Å². The maximum Gasteiger partial charge on any atom is 0.264 e. The molecule has 30 heavy (non-hydrogen) atoms. The van der Waals surface area contributed by atoms with Gasteiger partial charge in [0, 0.05) is 42.3 Å². The Balaban J connectivity index is 1.38. The zero-order chi connectivity index (χ0) is 21.5. The lowest BCUT2D eigenvalue weighted by Gasteiger charge is -2.36. The molecule has 0 spiro atoms. The first-order valence-electron chi connectivity index (χ1n) is 11.0. The third kappa shape index (κ3) is 4.31. The molecule has 2 aromatic rings. The highest BCUT2D eigenvalue weighted by Gasteiger charge is 2.31. The van der Waals surface area contributed by atoms with Crippen LogP contribution in [-0.4, -0.2) is 42.8 Å². The highest BCUT2D eigenvalue weighted by Crippen LogP contribution is 2.40. The molecule has 1 saturated heterocycles. The van der Waals surface area contributed by atoms with Gasteiger partial charge in [-0.3, -0.25) is 9.59 Å². The van der Waals surface area contributed by atoms with Crippen molar-refractivity contribution in [1.29, 1.82) is 0 Å². The van der Waals surface area contributed by atoms with Crippen molar-refractivity contribution in [2.24, 2.45) is 11.3 Å². The first-order chi connectivity index (χ1) is 14.2. The van der Waals surface area contributed by atoms with Crippen LogP contribution in [0.5, 0.6) is 0 Å². The molecule has 0 radical (unpaired) electrons. The standard InChI is InChI=1S/C25H32N2O2S/c1-17(28)18-5-8-21(9-6-18)26-11-13-27(14-12-26)24(29)23-16-19-15-20(25(2,3)4)7-10-22(19)30-23/h5-6,8-9,16,20H,7,10-15H2,1-4H3/t20-/m1/s1. The fraction of sp³-hybridized carbons (Fsp3) is 0.520. The van der Waals surface area contributed by atoms with Crippen LogP contribution in [0.3, 0.4) is 0 Å². The Labute approximate surface area is 183 Å². The van der Waals surface area contributed by atoms with Crippen molar-refractivity contribution in [1.82, 2.24) is 4.90 Å². The number of carbonyl (C=O) groups excluding carboxylic acids is 2. The van der Waals surface area contributed by atoms with Crippen LogP contribution in [0, 0.1) is 11.3 Å². The van der Waals surface area contributed by atoms with Gasteiger partial charge < -0.3 is 9.80 Å². The molecule has 2 aliphatic rings. The molecule has 1 atom stereocenters. The molecular formula is C25H32N2O2S. The number of rotatable bonds is 3. The Bertz CT molecular complexity index is 931. The number of nitrogens with zero attached hydrogens (tertiary/aromatic N) is 2. The number of hydrogen-bond acceptors (Lipinski definition) is 4. The van der Waals surface area contributed by atoms with Crippen LogP contribution in [-0.2, 0) is 12.8 Å². The summed E-state index contributed by atoms with van der Waals surface area (Å²) in [5.74, 6) is 0.971. The first kappa shape index (κ1) is 21.1. The minimum Gasteiger partial charge on any atom is -0.368 e. The number of fused-ring (bicyclic) bond motifs is 1. The highest BCUT2D eigenvalue weighted by molar-refractivity contribution is 7.14. The third-order valence-corrected chi connectivity index (χ3v) is 7.95. The lowest BCUT2D eigenvalue weighted by atomic mass is 9.72. The molecule has 1 fully saturated rings. The van der Waals surface area contributed by atoms with Crippen LogP contribution in [0.25, 0.3) is 0 Å². The van der Waals surface area contributed by atoms with Crippen molar-refractivity contribution < 1.29 is 9.59 Å². The van der Waals surface area contributed by atoms with Gasteiger partial charge in [-0.05, 0) is 73.4 Å². The number of piperazine rings is 1. The lowest BCUT2D eigenvalue weighted by Crippen LogP contribution is -2.48. The molecular weight excluding hydrogens is 392 g/mol. The maximum atomic E-state index is 13.1. The monoisotopic (exact) mass is 424 g/mol. The quantitative estimate of drug-likeness (QED) is 0.647. The second-order valence-electron chi connectivity index (χ2n) is 9.75. The van der Waals surface area contributed by atoms with E-state index in [4.69, 9.17) is 0 Å². The molecule has 0 unspecified atom stereocenters. The number of hydrogen-bond donors (Lipinski definition) is 0. The Morgan fingerprint density at radius 1 is 1.03 bits per heavy atom. The van der Waals surface area contributed by atoms with Gasteiger partial charge in [-0.25, -0.2) is 0 Å². The van der Waals surface area contributed by atoms with E-state index in [1.807, 2.05) is 29.2 Å². The zero-order valence-electron chi connectivity index (χ0n) is 18.5. The number of amides is 1. The summed E-state index contributed by atoms with van der Waals surface area (Å²) in [5, 5.41) is 0. The van der Waals surface area contributed by atoms with Crippen LogP contribution < -0.4 is 4.90 Å². The van der Waals surface area contributed by atoms with Crippen molar-refractivity contribution in [2.75, 3.05) is 31.1 Å². The van der Waals surface area contributed by atoms with Crippen LogP contribution in [0.2, 0.25) is 0 Å². The highest BCUT2D eigenvalue weighted by atomic mass is 32.1. The molecule has 4 rings (SSSR count). The van der Waals surface area contributed by atoms with Gasteiger partial charge in [0.1, 0.15) is 0 Å². The largest absolute Gasteiger partial charge is 0.368 e. The van der Waals surface area contributed by atoms with E-state index in [1.54, 1.807) is 18.3 Å². The van der Waals surface area contributed by atoms with Gasteiger partial charge in [-0.15, -0.1) is 11.3 Å². The van der Waals surface area contributed by atoms with E-state index in [1.165, 1.54) is 16.9 Å². The summed E-state index contributed by atoms with van der Waals surface area (Å²) in [5.41, 5.74) is 3.58. The summed E-state index contributed by atoms with van der Waals surface area (Å²) in [6.07, 6.45) is 3.44. The van der Waals surface area contributed by atoms with Gasteiger partial charge in [0.25, 0.3) is 5.91 Å². The second kappa shape index (κ2) is 8.18. The van der Waals surface area contributed by atoms with E-state index in [2.05, 4.69) is 31.7 Å². The third-order valence-electron chi connectivity index (χ3n) is 6.72. The average Bonchev–Trinajstić information content (AvgIpc) is 3.16. The zero-order valence-corrected chi connectivity index (χ0v) is 19.3. The Kier molecular flexibility index (Phi) is 5.75. The van der Waals surface area contributed by atoms with Crippen molar-refractivity contribution in [2.45, 2.75) is 47.0 Å². The predicted molar refractivity (Wildman–Crippen MR) is 124 cm³/mol. The maximum absolute atomic E-state index is 13.1. The molecule has 160 valence electrons. The van der Waals surface area contributed by atoms with Crippen LogP contribution in [0.4, 0.5) is 5.69 Å². The Morgan fingerprint density at radius 2 is 1.70 bits per heavy atom. The van der Waals surface area contributed by atoms with Gasteiger partial charge in [0.15, 0.2) is 5.78 Å². The number of aryl methyl sites for hydroxylation is 1. The molecule has 1 aliphatic carbocycles. The van der Waals surface area contributed by atoms with Crippen molar-refractivity contribution in [3.63, 3.8) is 0 Å². The van der Waals surface area contributed by atoms with E-state index in [0.29, 0.717) is 11.3 Å². The number of benzene rings is 1. The summed E-state index contributed by atoms with van der Waals surface area (Å²) >= 11 is 1.71. The number of thiophene rings is 1. The fourth-order valence-electron chi connectivity index (χ4n) is 4.60. The minimum absolute atomic E-state index is 0.0874. The molecule has 0 N–H and O–H groups in total. The number of carbonyl (C=O) groups is 2. The molecule has 1 aliphatic heterocycles. The SMILES string of the molecule is CC(=O)c1ccc(N2CCN(C(=O)c3cc4c(s3)CC[C@@H](C(C)(C)C)C4)CC2)cc1. The van der Waals surface area contributed by atoms with Crippen LogP contribution in [0.1, 0.15) is 64.6 Å². The van der Waals surface area contributed by atoms with E-state index < -0.39 is 0 Å². The topological polar surface area (TPSA) is 40.6 Å². The number of Topliss-reactive ketones (excluding diaryl/α,β-unsaturated/α-hetero) is 1. The predicted octanol–water partition coefficient (Wildman–Crippen LogP) is 5.06. The minimum atomic E-state index is 0.0874. The molecule has 1 aromatic heterocycles. The van der Waals surface area contributed by atoms with Gasteiger partial charge in [-0.1, -0.05) is 20.8 Å². The molecule has 1 aromatic carbocycles. The molecule has 2 heterocycles. The van der Waals surface area contributed by atoms with E-state index in [-0.39, 0.29) is 11.7 Å². The van der Waals surface area contributed by atoms with Crippen molar-refractivity contribution in [3.8, 4) is 0 Å². The summed E-state index contributed by atoms with van der Waals surface area (Å²) in [6, 6.07) is 9.96. The number of ketones is 1. The normalized spacial score (nSPS) is 19.5. The fourth-order valence-corrected chi connectivity index (χ4v) is 5.78. The average molecular weight is 425 g/mol. The number of anilines is 1. The van der Waals surface area contributed by atoms with Gasteiger partial charge in [0.2, 0.25) is 0 Å². The molecule has 5 heteroatoms. The second-order valence-corrected chi connectivity index (χ2v) is 10.9. The molecule has 0 bridgehead atoms. The lowest BCUT2D eigenvalue weighted by molar-refractivity contribution is 0.0751. The summed E-state index contributed by atoms with van der Waals surface area (Å²) in [6.45, 7) is 11.7.